The number of aromatic carboxylic acids is 2. The molecule has 0 heterocycles. The van der Waals surface area contributed by atoms with Gasteiger partial charge in [-0.25, -0.2) is 9.59 Å². The summed E-state index contributed by atoms with van der Waals surface area (Å²) in [6.45, 7) is 1.69. The first-order chi connectivity index (χ1) is 9.99. The molecule has 0 bridgehead atoms. The molecule has 0 spiro atoms. The van der Waals surface area contributed by atoms with Gasteiger partial charge < -0.3 is 10.2 Å². The molecule has 1 fully saturated rings. The lowest BCUT2D eigenvalue weighted by molar-refractivity contribution is 0.0695. The van der Waals surface area contributed by atoms with Gasteiger partial charge in [0.25, 0.3) is 0 Å². The minimum Gasteiger partial charge on any atom is -0.478 e. The average molecular weight is 288 g/mol. The number of hydrogen-bond acceptors (Lipinski definition) is 2. The molecule has 1 saturated carbocycles. The SMILES string of the molecule is Cc1cc(/C=C/C2CCCCC2)c(C(=O)O)cc1C(=O)O. The molecule has 1 aliphatic rings. The van der Waals surface area contributed by atoms with E-state index in [2.05, 4.69) is 6.08 Å². The van der Waals surface area contributed by atoms with Gasteiger partial charge in [-0.15, -0.1) is 0 Å². The van der Waals surface area contributed by atoms with Gasteiger partial charge >= 0.3 is 11.9 Å². The Morgan fingerprint density at radius 2 is 1.67 bits per heavy atom. The topological polar surface area (TPSA) is 74.6 Å². The quantitative estimate of drug-likeness (QED) is 0.878. The van der Waals surface area contributed by atoms with Crippen LogP contribution in [0.5, 0.6) is 0 Å². The summed E-state index contributed by atoms with van der Waals surface area (Å²) < 4.78 is 0. The lowest BCUT2D eigenvalue weighted by atomic mass is 9.88. The van der Waals surface area contributed by atoms with Crippen LogP contribution in [0.25, 0.3) is 6.08 Å². The maximum absolute atomic E-state index is 11.3. The molecule has 1 aliphatic carbocycles. The van der Waals surface area contributed by atoms with Gasteiger partial charge in [-0.1, -0.05) is 37.5 Å². The normalized spacial score (nSPS) is 16.2. The van der Waals surface area contributed by atoms with E-state index >= 15 is 0 Å². The van der Waals surface area contributed by atoms with E-state index in [1.165, 1.54) is 25.3 Å². The smallest absolute Gasteiger partial charge is 0.336 e. The molecule has 0 aliphatic heterocycles. The van der Waals surface area contributed by atoms with Crippen LogP contribution in [0, 0.1) is 12.8 Å². The molecule has 0 aromatic heterocycles. The largest absolute Gasteiger partial charge is 0.478 e. The minimum absolute atomic E-state index is 0.0437. The molecule has 1 aromatic rings. The third-order valence-electron chi connectivity index (χ3n) is 4.06. The Morgan fingerprint density at radius 3 is 2.24 bits per heavy atom. The molecule has 0 radical (unpaired) electrons. The summed E-state index contributed by atoms with van der Waals surface area (Å²) in [6.07, 6.45) is 9.90. The van der Waals surface area contributed by atoms with Crippen LogP contribution in [0.1, 0.15) is 63.9 Å². The van der Waals surface area contributed by atoms with Gasteiger partial charge in [0, 0.05) is 0 Å². The highest BCUT2D eigenvalue weighted by molar-refractivity contribution is 5.97. The molecule has 2 rings (SSSR count). The number of benzene rings is 1. The predicted molar refractivity (Wildman–Crippen MR) is 80.7 cm³/mol. The standard InChI is InChI=1S/C17H20O4/c1-11-9-13(8-7-12-5-3-2-4-6-12)15(17(20)21)10-14(11)16(18)19/h7-10,12H,2-6H2,1H3,(H,18,19)(H,20,21)/b8-7+. The molecule has 0 amide bonds. The van der Waals surface area contributed by atoms with E-state index in [1.54, 1.807) is 13.0 Å². The van der Waals surface area contributed by atoms with E-state index in [0.29, 0.717) is 17.0 Å². The molecule has 21 heavy (non-hydrogen) atoms. The third-order valence-corrected chi connectivity index (χ3v) is 4.06. The second kappa shape index (κ2) is 6.57. The van der Waals surface area contributed by atoms with E-state index in [4.69, 9.17) is 5.11 Å². The van der Waals surface area contributed by atoms with Crippen molar-refractivity contribution in [2.75, 3.05) is 0 Å². The second-order valence-corrected chi connectivity index (χ2v) is 5.62. The zero-order chi connectivity index (χ0) is 15.4. The van der Waals surface area contributed by atoms with Crippen molar-refractivity contribution in [2.24, 2.45) is 5.92 Å². The fourth-order valence-corrected chi connectivity index (χ4v) is 2.85. The molecule has 2 N–H and O–H groups in total. The Kier molecular flexibility index (Phi) is 4.78. The van der Waals surface area contributed by atoms with E-state index in [9.17, 15) is 14.7 Å². The first kappa shape index (κ1) is 15.3. The fraction of sp³-hybridized carbons (Fsp3) is 0.412. The maximum atomic E-state index is 11.3. The number of carbonyl (C=O) groups is 2. The fourth-order valence-electron chi connectivity index (χ4n) is 2.85. The van der Waals surface area contributed by atoms with Gasteiger partial charge in [0.05, 0.1) is 11.1 Å². The molecule has 0 unspecified atom stereocenters. The lowest BCUT2D eigenvalue weighted by Gasteiger charge is -2.18. The molecule has 112 valence electrons. The second-order valence-electron chi connectivity index (χ2n) is 5.62. The van der Waals surface area contributed by atoms with Crippen molar-refractivity contribution >= 4 is 18.0 Å². The van der Waals surface area contributed by atoms with Crippen LogP contribution in [0.15, 0.2) is 18.2 Å². The van der Waals surface area contributed by atoms with E-state index in [1.807, 2.05) is 6.08 Å². The molecular formula is C17H20O4. The molecule has 1 aromatic carbocycles. The van der Waals surface area contributed by atoms with Gasteiger partial charge in [-0.2, -0.15) is 0 Å². The van der Waals surface area contributed by atoms with Gasteiger partial charge in [0.1, 0.15) is 0 Å². The van der Waals surface area contributed by atoms with Crippen molar-refractivity contribution in [3.63, 3.8) is 0 Å². The molecular weight excluding hydrogens is 268 g/mol. The van der Waals surface area contributed by atoms with E-state index < -0.39 is 11.9 Å². The molecule has 0 atom stereocenters. The van der Waals surface area contributed by atoms with Gasteiger partial charge in [-0.3, -0.25) is 0 Å². The van der Waals surface area contributed by atoms with Crippen LogP contribution in [0.4, 0.5) is 0 Å². The van der Waals surface area contributed by atoms with E-state index in [-0.39, 0.29) is 11.1 Å². The van der Waals surface area contributed by atoms with Gasteiger partial charge in [-0.05, 0) is 42.9 Å². The highest BCUT2D eigenvalue weighted by Crippen LogP contribution is 2.26. The third kappa shape index (κ3) is 3.72. The summed E-state index contributed by atoms with van der Waals surface area (Å²) >= 11 is 0. The van der Waals surface area contributed by atoms with Crippen molar-refractivity contribution in [2.45, 2.75) is 39.0 Å². The zero-order valence-electron chi connectivity index (χ0n) is 12.1. The van der Waals surface area contributed by atoms with Crippen molar-refractivity contribution in [3.05, 3.63) is 40.5 Å². The van der Waals surface area contributed by atoms with Crippen LogP contribution in [-0.2, 0) is 0 Å². The number of aryl methyl sites for hydroxylation is 1. The highest BCUT2D eigenvalue weighted by atomic mass is 16.4. The average Bonchev–Trinajstić information content (AvgIpc) is 2.45. The van der Waals surface area contributed by atoms with Gasteiger partial charge in [0.15, 0.2) is 0 Å². The summed E-state index contributed by atoms with van der Waals surface area (Å²) in [5.74, 6) is -1.70. The summed E-state index contributed by atoms with van der Waals surface area (Å²) in [6, 6.07) is 2.90. The molecule has 4 nitrogen and oxygen atoms in total. The van der Waals surface area contributed by atoms with E-state index in [0.717, 1.165) is 12.8 Å². The Morgan fingerprint density at radius 1 is 1.05 bits per heavy atom. The summed E-state index contributed by atoms with van der Waals surface area (Å²) in [5.41, 5.74) is 1.25. The van der Waals surface area contributed by atoms with Gasteiger partial charge in [0.2, 0.25) is 0 Å². The van der Waals surface area contributed by atoms with Crippen molar-refractivity contribution in [1.82, 2.24) is 0 Å². The van der Waals surface area contributed by atoms with Crippen LogP contribution >= 0.6 is 0 Å². The number of allylic oxidation sites excluding steroid dienone is 1. The summed E-state index contributed by atoms with van der Waals surface area (Å²) in [4.78, 5) is 22.4. The number of carboxylic acids is 2. The van der Waals surface area contributed by atoms with Crippen LogP contribution in [0.2, 0.25) is 0 Å². The first-order valence-corrected chi connectivity index (χ1v) is 7.28. The maximum Gasteiger partial charge on any atom is 0.336 e. The van der Waals surface area contributed by atoms with Crippen LogP contribution < -0.4 is 0 Å². The van der Waals surface area contributed by atoms with Crippen molar-refractivity contribution < 1.29 is 19.8 Å². The predicted octanol–water partition coefficient (Wildman–Crippen LogP) is 3.98. The minimum atomic E-state index is -1.10. The van der Waals surface area contributed by atoms with Crippen LogP contribution in [-0.4, -0.2) is 22.2 Å². The number of carboxylic acid groups (broad SMARTS) is 2. The molecule has 0 saturated heterocycles. The first-order valence-electron chi connectivity index (χ1n) is 7.28. The number of rotatable bonds is 4. The summed E-state index contributed by atoms with van der Waals surface area (Å²) in [7, 11) is 0. The Bertz CT molecular complexity index is 581. The zero-order valence-corrected chi connectivity index (χ0v) is 12.1. The highest BCUT2D eigenvalue weighted by Gasteiger charge is 2.16. The monoisotopic (exact) mass is 288 g/mol. The Balaban J connectivity index is 2.33. The Labute approximate surface area is 124 Å². The Hall–Kier alpha value is -2.10. The molecule has 4 heteroatoms. The summed E-state index contributed by atoms with van der Waals surface area (Å²) in [5, 5.41) is 18.4. The lowest BCUT2D eigenvalue weighted by Crippen LogP contribution is -2.07. The number of hydrogen-bond donors (Lipinski definition) is 2. The van der Waals surface area contributed by atoms with Crippen LogP contribution in [0.3, 0.4) is 0 Å². The van der Waals surface area contributed by atoms with Crippen molar-refractivity contribution in [3.8, 4) is 0 Å². The van der Waals surface area contributed by atoms with Crippen molar-refractivity contribution in [1.29, 1.82) is 0 Å².